The molecule has 2 amide bonds. The van der Waals surface area contributed by atoms with E-state index in [0.717, 1.165) is 24.0 Å². The van der Waals surface area contributed by atoms with E-state index in [1.54, 1.807) is 6.92 Å². The second-order valence-electron chi connectivity index (χ2n) is 8.60. The van der Waals surface area contributed by atoms with Crippen LogP contribution in [0.3, 0.4) is 0 Å². The Bertz CT molecular complexity index is 858. The van der Waals surface area contributed by atoms with Crippen LogP contribution in [0.25, 0.3) is 0 Å². The number of carbonyl (C=O) groups excluding carboxylic acids is 3. The van der Waals surface area contributed by atoms with Gasteiger partial charge in [-0.3, -0.25) is 0 Å². The van der Waals surface area contributed by atoms with Crippen LogP contribution in [0.2, 0.25) is 0 Å². The molecule has 31 heavy (non-hydrogen) atoms. The van der Waals surface area contributed by atoms with Crippen LogP contribution in [0.1, 0.15) is 53.9 Å². The maximum absolute atomic E-state index is 12.4. The summed E-state index contributed by atoms with van der Waals surface area (Å²) in [6, 6.07) is 0. The molecule has 3 aliphatic rings. The predicted molar refractivity (Wildman–Crippen MR) is 114 cm³/mol. The number of ether oxygens (including phenoxy) is 3. The van der Waals surface area contributed by atoms with Crippen molar-refractivity contribution in [3.63, 3.8) is 0 Å². The lowest BCUT2D eigenvalue weighted by atomic mass is 9.60. The minimum absolute atomic E-state index is 0.183. The molecule has 0 bridgehead atoms. The van der Waals surface area contributed by atoms with E-state index in [2.05, 4.69) is 17.6 Å². The first-order valence-corrected chi connectivity index (χ1v) is 11.0. The van der Waals surface area contributed by atoms with Gasteiger partial charge in [0.25, 0.3) is 0 Å². The zero-order valence-electron chi connectivity index (χ0n) is 18.9. The van der Waals surface area contributed by atoms with Crippen LogP contribution < -0.4 is 10.6 Å². The van der Waals surface area contributed by atoms with Gasteiger partial charge in [-0.05, 0) is 43.9 Å². The molecule has 4 atom stereocenters. The molecule has 1 heterocycles. The molecule has 0 aromatic carbocycles. The van der Waals surface area contributed by atoms with Crippen molar-refractivity contribution in [3.05, 3.63) is 34.6 Å². The van der Waals surface area contributed by atoms with Gasteiger partial charge >= 0.3 is 18.2 Å². The predicted octanol–water partition coefficient (Wildman–Crippen LogP) is 3.74. The van der Waals surface area contributed by atoms with Gasteiger partial charge in [-0.1, -0.05) is 27.7 Å². The number of allylic oxidation sites excluding steroid dienone is 3. The van der Waals surface area contributed by atoms with E-state index in [1.807, 2.05) is 32.9 Å². The molecular weight excluding hydrogens is 400 g/mol. The fourth-order valence-corrected chi connectivity index (χ4v) is 4.29. The van der Waals surface area contributed by atoms with Gasteiger partial charge < -0.3 is 24.8 Å². The lowest BCUT2D eigenvalue weighted by Crippen LogP contribution is -2.51. The van der Waals surface area contributed by atoms with Crippen LogP contribution in [0.15, 0.2) is 34.6 Å². The molecule has 0 aromatic heterocycles. The molecule has 0 fully saturated rings. The second kappa shape index (κ2) is 9.16. The minimum Gasteiger partial charge on any atom is -0.442 e. The second-order valence-corrected chi connectivity index (χ2v) is 8.60. The van der Waals surface area contributed by atoms with Gasteiger partial charge in [0.15, 0.2) is 6.10 Å². The lowest BCUT2D eigenvalue weighted by Gasteiger charge is -2.48. The van der Waals surface area contributed by atoms with Crippen LogP contribution in [-0.4, -0.2) is 43.5 Å². The van der Waals surface area contributed by atoms with E-state index >= 15 is 0 Å². The van der Waals surface area contributed by atoms with Crippen molar-refractivity contribution in [3.8, 4) is 0 Å². The van der Waals surface area contributed by atoms with Crippen molar-refractivity contribution in [1.29, 1.82) is 0 Å². The van der Waals surface area contributed by atoms with Crippen LogP contribution in [0.4, 0.5) is 9.59 Å². The summed E-state index contributed by atoms with van der Waals surface area (Å²) in [7, 11) is 0. The molecule has 170 valence electrons. The molecule has 0 saturated heterocycles. The van der Waals surface area contributed by atoms with Crippen molar-refractivity contribution in [2.75, 3.05) is 13.1 Å². The molecule has 8 nitrogen and oxygen atoms in total. The molecular formula is C23H32N2O6. The highest BCUT2D eigenvalue weighted by molar-refractivity contribution is 5.94. The van der Waals surface area contributed by atoms with Gasteiger partial charge in [0.05, 0.1) is 0 Å². The van der Waals surface area contributed by atoms with Gasteiger partial charge in [-0.15, -0.1) is 0 Å². The van der Waals surface area contributed by atoms with Crippen molar-refractivity contribution < 1.29 is 28.6 Å². The van der Waals surface area contributed by atoms with Gasteiger partial charge in [0.1, 0.15) is 11.9 Å². The molecule has 8 heteroatoms. The van der Waals surface area contributed by atoms with E-state index in [9.17, 15) is 14.4 Å². The normalized spacial score (nSPS) is 29.2. The standard InChI is InChI=1S/C23H32N2O6/c1-6-8-24-21(27)30-18-11-15-10-17-16(13(3)20(26)29-17)12-23(15,5)14(4)19(18)31-22(28)25-9-7-2/h10-11,14,18-19H,6-9,12H2,1-5H3,(H,24,27)(H,25,28)/t14-,18-,19+,23+/m0/s1. The van der Waals surface area contributed by atoms with Crippen molar-refractivity contribution in [2.24, 2.45) is 11.3 Å². The van der Waals surface area contributed by atoms with E-state index in [1.165, 1.54) is 0 Å². The number of hydrogen-bond donors (Lipinski definition) is 2. The zero-order valence-corrected chi connectivity index (χ0v) is 18.9. The largest absolute Gasteiger partial charge is 0.442 e. The Labute approximate surface area is 183 Å². The topological polar surface area (TPSA) is 103 Å². The average molecular weight is 433 g/mol. The fraction of sp³-hybridized carbons (Fsp3) is 0.609. The van der Waals surface area contributed by atoms with E-state index in [4.69, 9.17) is 14.2 Å². The third-order valence-electron chi connectivity index (χ3n) is 6.44. The number of rotatable bonds is 6. The van der Waals surface area contributed by atoms with Crippen molar-refractivity contribution in [1.82, 2.24) is 10.6 Å². The number of amides is 2. The maximum atomic E-state index is 12.4. The highest BCUT2D eigenvalue weighted by Crippen LogP contribution is 2.54. The summed E-state index contributed by atoms with van der Waals surface area (Å²) in [6.07, 6.45) is 3.26. The number of hydrogen-bond acceptors (Lipinski definition) is 6. The Balaban J connectivity index is 1.94. The molecule has 0 aromatic rings. The number of fused-ring (bicyclic) bond motifs is 2. The van der Waals surface area contributed by atoms with Gasteiger partial charge in [-0.2, -0.15) is 0 Å². The summed E-state index contributed by atoms with van der Waals surface area (Å²) in [5.41, 5.74) is 1.98. The number of carbonyl (C=O) groups is 3. The quantitative estimate of drug-likeness (QED) is 0.490. The zero-order chi connectivity index (χ0) is 22.8. The summed E-state index contributed by atoms with van der Waals surface area (Å²) >= 11 is 0. The first-order chi connectivity index (χ1) is 14.7. The molecule has 0 unspecified atom stereocenters. The lowest BCUT2D eigenvalue weighted by molar-refractivity contribution is -0.133. The summed E-state index contributed by atoms with van der Waals surface area (Å²) in [5.74, 6) is 0.0283. The molecule has 0 radical (unpaired) electrons. The Morgan fingerprint density at radius 1 is 1.16 bits per heavy atom. The van der Waals surface area contributed by atoms with E-state index < -0.39 is 29.8 Å². The van der Waals surface area contributed by atoms with Gasteiger partial charge in [0.2, 0.25) is 0 Å². The molecule has 2 aliphatic carbocycles. The number of esters is 1. The summed E-state index contributed by atoms with van der Waals surface area (Å²) in [5, 5.41) is 5.41. The first kappa shape index (κ1) is 22.9. The molecule has 3 rings (SSSR count). The van der Waals surface area contributed by atoms with Gasteiger partial charge in [0, 0.05) is 35.6 Å². The third-order valence-corrected chi connectivity index (χ3v) is 6.44. The van der Waals surface area contributed by atoms with Crippen LogP contribution in [0.5, 0.6) is 0 Å². The summed E-state index contributed by atoms with van der Waals surface area (Å²) < 4.78 is 16.8. The van der Waals surface area contributed by atoms with Crippen molar-refractivity contribution >= 4 is 18.2 Å². The summed E-state index contributed by atoms with van der Waals surface area (Å²) in [4.78, 5) is 36.7. The Morgan fingerprint density at radius 2 is 1.77 bits per heavy atom. The first-order valence-electron chi connectivity index (χ1n) is 11.0. The van der Waals surface area contributed by atoms with Gasteiger partial charge in [-0.25, -0.2) is 14.4 Å². The average Bonchev–Trinajstić information content (AvgIpc) is 3.00. The maximum Gasteiger partial charge on any atom is 0.407 e. The minimum atomic E-state index is -0.761. The highest BCUT2D eigenvalue weighted by atomic mass is 16.6. The molecule has 0 saturated carbocycles. The van der Waals surface area contributed by atoms with E-state index in [0.29, 0.717) is 30.8 Å². The Hall–Kier alpha value is -2.77. The smallest absolute Gasteiger partial charge is 0.407 e. The third kappa shape index (κ3) is 4.48. The summed E-state index contributed by atoms with van der Waals surface area (Å²) in [6.45, 7) is 10.7. The number of nitrogens with one attached hydrogen (secondary N) is 2. The SMILES string of the molecule is CCCNC(=O)O[C@H]1[C@@H](OC(=O)NCCC)C=C2C=C3OC(=O)C(C)=C3C[C@]2(C)[C@H]1C. The fourth-order valence-electron chi connectivity index (χ4n) is 4.29. The number of alkyl carbamates (subject to hydrolysis) is 2. The highest BCUT2D eigenvalue weighted by Gasteiger charge is 2.51. The Kier molecular flexibility index (Phi) is 6.77. The van der Waals surface area contributed by atoms with Crippen LogP contribution >= 0.6 is 0 Å². The van der Waals surface area contributed by atoms with Crippen LogP contribution in [-0.2, 0) is 19.0 Å². The molecule has 1 aliphatic heterocycles. The van der Waals surface area contributed by atoms with Crippen molar-refractivity contribution in [2.45, 2.75) is 66.1 Å². The Morgan fingerprint density at radius 3 is 2.39 bits per heavy atom. The monoisotopic (exact) mass is 432 g/mol. The van der Waals surface area contributed by atoms with Crippen LogP contribution in [0, 0.1) is 11.3 Å². The molecule has 2 N–H and O–H groups in total. The van der Waals surface area contributed by atoms with E-state index in [-0.39, 0.29) is 11.9 Å². The molecule has 0 spiro atoms.